The molecule has 0 atom stereocenters. The number of nitrogens with zero attached hydrogens (tertiary/aromatic N) is 2. The number of hydrogen-bond donors (Lipinski definition) is 2. The Kier molecular flexibility index (Phi) is 3.41. The number of anilines is 2. The van der Waals surface area contributed by atoms with Crippen molar-refractivity contribution in [1.29, 1.82) is 0 Å². The largest absolute Gasteiger partial charge is 0.370 e. The van der Waals surface area contributed by atoms with E-state index in [1.54, 1.807) is 6.07 Å². The Morgan fingerprint density at radius 1 is 1.53 bits per heavy atom. The molecule has 0 amide bonds. The van der Waals surface area contributed by atoms with Crippen molar-refractivity contribution in [3.8, 4) is 0 Å². The van der Waals surface area contributed by atoms with E-state index in [1.807, 2.05) is 0 Å². The van der Waals surface area contributed by atoms with E-state index in [4.69, 9.17) is 0 Å². The fourth-order valence-corrected chi connectivity index (χ4v) is 1.48. The van der Waals surface area contributed by atoms with Crippen LogP contribution in [0.15, 0.2) is 12.1 Å². The zero-order valence-electron chi connectivity index (χ0n) is 9.77. The minimum atomic E-state index is -0.401. The van der Waals surface area contributed by atoms with Crippen molar-refractivity contribution >= 4 is 17.3 Å². The predicted molar refractivity (Wildman–Crippen MR) is 66.3 cm³/mol. The predicted octanol–water partition coefficient (Wildman–Crippen LogP) is 2.39. The molecule has 6 heteroatoms. The average Bonchev–Trinajstić information content (AvgIpc) is 3.10. The lowest BCUT2D eigenvalue weighted by Gasteiger charge is -2.08. The molecule has 1 fully saturated rings. The molecule has 0 aromatic carbocycles. The number of nitrogens with one attached hydrogen (secondary N) is 2. The van der Waals surface area contributed by atoms with Crippen LogP contribution in [-0.2, 0) is 0 Å². The van der Waals surface area contributed by atoms with Gasteiger partial charge in [0.05, 0.1) is 4.92 Å². The maximum Gasteiger partial charge on any atom is 0.311 e. The Hall–Kier alpha value is -1.85. The lowest BCUT2D eigenvalue weighted by molar-refractivity contribution is -0.384. The number of pyridine rings is 1. The van der Waals surface area contributed by atoms with E-state index in [9.17, 15) is 10.1 Å². The van der Waals surface area contributed by atoms with Crippen LogP contribution < -0.4 is 10.6 Å². The molecule has 2 rings (SSSR count). The maximum absolute atomic E-state index is 10.9. The van der Waals surface area contributed by atoms with Crippen molar-refractivity contribution in [2.75, 3.05) is 17.2 Å². The van der Waals surface area contributed by atoms with Crippen LogP contribution in [0.2, 0.25) is 0 Å². The SMILES string of the molecule is CCCNc1ccc([N+](=O)[O-])c(NC2CC2)n1. The number of rotatable bonds is 6. The smallest absolute Gasteiger partial charge is 0.311 e. The summed E-state index contributed by atoms with van der Waals surface area (Å²) in [7, 11) is 0. The Labute approximate surface area is 99.6 Å². The molecule has 1 aliphatic carbocycles. The summed E-state index contributed by atoms with van der Waals surface area (Å²) in [6.07, 6.45) is 3.11. The number of nitro groups is 1. The van der Waals surface area contributed by atoms with Gasteiger partial charge in [0.1, 0.15) is 5.82 Å². The summed E-state index contributed by atoms with van der Waals surface area (Å²) >= 11 is 0. The number of hydrogen-bond acceptors (Lipinski definition) is 5. The zero-order valence-corrected chi connectivity index (χ0v) is 9.77. The molecule has 1 heterocycles. The van der Waals surface area contributed by atoms with Crippen molar-refractivity contribution in [2.24, 2.45) is 0 Å². The van der Waals surface area contributed by atoms with Gasteiger partial charge in [0.25, 0.3) is 0 Å². The van der Waals surface area contributed by atoms with E-state index >= 15 is 0 Å². The summed E-state index contributed by atoms with van der Waals surface area (Å²) in [5.41, 5.74) is 0.0407. The molecule has 1 aliphatic rings. The lowest BCUT2D eigenvalue weighted by atomic mass is 10.3. The van der Waals surface area contributed by atoms with Gasteiger partial charge in [-0.3, -0.25) is 10.1 Å². The first-order chi connectivity index (χ1) is 8.20. The van der Waals surface area contributed by atoms with Crippen LogP contribution in [0.4, 0.5) is 17.3 Å². The van der Waals surface area contributed by atoms with Gasteiger partial charge >= 0.3 is 5.69 Å². The van der Waals surface area contributed by atoms with E-state index in [0.29, 0.717) is 17.7 Å². The zero-order chi connectivity index (χ0) is 12.3. The third kappa shape index (κ3) is 3.05. The molecule has 1 aromatic rings. The van der Waals surface area contributed by atoms with Gasteiger partial charge in [-0.15, -0.1) is 0 Å². The molecule has 0 radical (unpaired) electrons. The van der Waals surface area contributed by atoms with Crippen LogP contribution in [-0.4, -0.2) is 22.5 Å². The molecule has 6 nitrogen and oxygen atoms in total. The van der Waals surface area contributed by atoms with Crippen LogP contribution in [0.3, 0.4) is 0 Å². The second-order valence-corrected chi connectivity index (χ2v) is 4.17. The van der Waals surface area contributed by atoms with Crippen LogP contribution >= 0.6 is 0 Å². The first kappa shape index (κ1) is 11.6. The van der Waals surface area contributed by atoms with Gasteiger partial charge in [-0.25, -0.2) is 4.98 Å². The second kappa shape index (κ2) is 4.99. The molecule has 0 saturated heterocycles. The van der Waals surface area contributed by atoms with E-state index in [-0.39, 0.29) is 5.69 Å². The maximum atomic E-state index is 10.9. The highest BCUT2D eigenvalue weighted by molar-refractivity contribution is 5.61. The average molecular weight is 236 g/mol. The van der Waals surface area contributed by atoms with Gasteiger partial charge in [0, 0.05) is 18.7 Å². The normalized spacial score (nSPS) is 14.4. The molecule has 2 N–H and O–H groups in total. The van der Waals surface area contributed by atoms with Crippen LogP contribution in [0.25, 0.3) is 0 Å². The van der Waals surface area contributed by atoms with Gasteiger partial charge in [-0.2, -0.15) is 0 Å². The summed E-state index contributed by atoms with van der Waals surface area (Å²) in [4.78, 5) is 14.7. The van der Waals surface area contributed by atoms with Gasteiger partial charge in [-0.05, 0) is 25.3 Å². The molecule has 1 aromatic heterocycles. The van der Waals surface area contributed by atoms with Gasteiger partial charge in [0.15, 0.2) is 0 Å². The Balaban J connectivity index is 2.18. The Bertz CT molecular complexity index is 418. The highest BCUT2D eigenvalue weighted by Gasteiger charge is 2.25. The summed E-state index contributed by atoms with van der Waals surface area (Å²) in [5, 5.41) is 17.1. The first-order valence-electron chi connectivity index (χ1n) is 5.86. The summed E-state index contributed by atoms with van der Waals surface area (Å²) < 4.78 is 0. The quantitative estimate of drug-likeness (QED) is 0.585. The minimum Gasteiger partial charge on any atom is -0.370 e. The molecule has 17 heavy (non-hydrogen) atoms. The fraction of sp³-hybridized carbons (Fsp3) is 0.545. The van der Waals surface area contributed by atoms with E-state index in [2.05, 4.69) is 22.5 Å². The molecule has 0 bridgehead atoms. The molecule has 1 saturated carbocycles. The van der Waals surface area contributed by atoms with Gasteiger partial charge in [0.2, 0.25) is 5.82 Å². The van der Waals surface area contributed by atoms with Crippen LogP contribution in [0.1, 0.15) is 26.2 Å². The first-order valence-corrected chi connectivity index (χ1v) is 5.86. The monoisotopic (exact) mass is 236 g/mol. The van der Waals surface area contributed by atoms with E-state index < -0.39 is 4.92 Å². The molecule has 0 unspecified atom stereocenters. The topological polar surface area (TPSA) is 80.1 Å². The molecular weight excluding hydrogens is 220 g/mol. The summed E-state index contributed by atoms with van der Waals surface area (Å²) in [5.74, 6) is 1.05. The molecular formula is C11H16N4O2. The highest BCUT2D eigenvalue weighted by Crippen LogP contribution is 2.30. The molecule has 0 spiro atoms. The van der Waals surface area contributed by atoms with Gasteiger partial charge in [-0.1, -0.05) is 6.92 Å². The van der Waals surface area contributed by atoms with E-state index in [1.165, 1.54) is 6.07 Å². The fourth-order valence-electron chi connectivity index (χ4n) is 1.48. The number of aromatic nitrogens is 1. The Morgan fingerprint density at radius 2 is 2.29 bits per heavy atom. The molecule has 92 valence electrons. The van der Waals surface area contributed by atoms with Crippen molar-refractivity contribution in [1.82, 2.24) is 4.98 Å². The van der Waals surface area contributed by atoms with Crippen molar-refractivity contribution in [2.45, 2.75) is 32.2 Å². The van der Waals surface area contributed by atoms with Crippen molar-refractivity contribution in [3.05, 3.63) is 22.2 Å². The third-order valence-electron chi connectivity index (χ3n) is 2.54. The summed E-state index contributed by atoms with van der Waals surface area (Å²) in [6, 6.07) is 3.49. The Morgan fingerprint density at radius 3 is 2.88 bits per heavy atom. The molecule has 0 aliphatic heterocycles. The van der Waals surface area contributed by atoms with Crippen molar-refractivity contribution < 1.29 is 4.92 Å². The second-order valence-electron chi connectivity index (χ2n) is 4.17. The van der Waals surface area contributed by atoms with Crippen molar-refractivity contribution in [3.63, 3.8) is 0 Å². The van der Waals surface area contributed by atoms with E-state index in [0.717, 1.165) is 25.8 Å². The van der Waals surface area contributed by atoms with Crippen LogP contribution in [0, 0.1) is 10.1 Å². The third-order valence-corrected chi connectivity index (χ3v) is 2.54. The highest BCUT2D eigenvalue weighted by atomic mass is 16.6. The summed E-state index contributed by atoms with van der Waals surface area (Å²) in [6.45, 7) is 2.87. The van der Waals surface area contributed by atoms with Crippen LogP contribution in [0.5, 0.6) is 0 Å². The lowest BCUT2D eigenvalue weighted by Crippen LogP contribution is -2.09. The minimum absolute atomic E-state index is 0.0407. The van der Waals surface area contributed by atoms with Gasteiger partial charge < -0.3 is 10.6 Å². The standard InChI is InChI=1S/C11H16N4O2/c1-2-7-12-10-6-5-9(15(16)17)11(14-10)13-8-3-4-8/h5-6,8H,2-4,7H2,1H3,(H2,12,13,14).